The molecule has 0 bridgehead atoms. The molecular weight excluding hydrogens is 318 g/mol. The fourth-order valence-electron chi connectivity index (χ4n) is 1.87. The molecule has 2 aromatic rings. The lowest BCUT2D eigenvalue weighted by Gasteiger charge is -2.08. The van der Waals surface area contributed by atoms with Crippen LogP contribution in [-0.4, -0.2) is 11.7 Å². The Morgan fingerprint density at radius 1 is 1.05 bits per heavy atom. The highest BCUT2D eigenvalue weighted by Gasteiger charge is 2.09. The van der Waals surface area contributed by atoms with Crippen LogP contribution in [0.5, 0.6) is 0 Å². The van der Waals surface area contributed by atoms with E-state index in [4.69, 9.17) is 0 Å². The summed E-state index contributed by atoms with van der Waals surface area (Å²) in [5, 5.41) is 2.82. The maximum Gasteiger partial charge on any atom is 0.255 e. The molecule has 0 saturated carbocycles. The first-order valence-electron chi connectivity index (χ1n) is 6.16. The van der Waals surface area contributed by atoms with Gasteiger partial charge in [0, 0.05) is 21.3 Å². The number of rotatable bonds is 3. The minimum absolute atomic E-state index is 0.00614. The Balaban J connectivity index is 2.17. The van der Waals surface area contributed by atoms with E-state index in [-0.39, 0.29) is 11.7 Å². The first-order chi connectivity index (χ1) is 9.47. The minimum atomic E-state index is -0.162. The number of carbonyl (C=O) groups is 2. The highest BCUT2D eigenvalue weighted by molar-refractivity contribution is 9.10. The van der Waals surface area contributed by atoms with Crippen LogP contribution in [0.3, 0.4) is 0 Å². The Morgan fingerprint density at radius 3 is 2.25 bits per heavy atom. The van der Waals surface area contributed by atoms with Crippen molar-refractivity contribution in [2.75, 3.05) is 5.32 Å². The molecule has 4 heteroatoms. The summed E-state index contributed by atoms with van der Waals surface area (Å²) in [7, 11) is 0. The van der Waals surface area contributed by atoms with Gasteiger partial charge in [0.25, 0.3) is 5.91 Å². The van der Waals surface area contributed by atoms with E-state index in [1.807, 2.05) is 19.1 Å². The van der Waals surface area contributed by atoms with Crippen molar-refractivity contribution < 1.29 is 9.59 Å². The molecule has 0 aliphatic heterocycles. The molecule has 3 nitrogen and oxygen atoms in total. The summed E-state index contributed by atoms with van der Waals surface area (Å²) in [6, 6.07) is 12.4. The molecule has 1 N–H and O–H groups in total. The minimum Gasteiger partial charge on any atom is -0.322 e. The molecular formula is C16H14BrNO2. The molecule has 0 atom stereocenters. The maximum absolute atomic E-state index is 12.2. The second kappa shape index (κ2) is 6.01. The Labute approximate surface area is 126 Å². The number of carbonyl (C=O) groups excluding carboxylic acids is 2. The maximum atomic E-state index is 12.2. The van der Waals surface area contributed by atoms with Crippen molar-refractivity contribution in [1.82, 2.24) is 0 Å². The average molecular weight is 332 g/mol. The van der Waals surface area contributed by atoms with Crippen LogP contribution in [0, 0.1) is 6.92 Å². The van der Waals surface area contributed by atoms with E-state index >= 15 is 0 Å². The average Bonchev–Trinajstić information content (AvgIpc) is 2.39. The number of amides is 1. The summed E-state index contributed by atoms with van der Waals surface area (Å²) >= 11 is 3.37. The van der Waals surface area contributed by atoms with Gasteiger partial charge in [0.05, 0.1) is 0 Å². The largest absolute Gasteiger partial charge is 0.322 e. The van der Waals surface area contributed by atoms with Gasteiger partial charge >= 0.3 is 0 Å². The van der Waals surface area contributed by atoms with E-state index in [2.05, 4.69) is 21.2 Å². The lowest BCUT2D eigenvalue weighted by molar-refractivity contribution is 0.101. The van der Waals surface area contributed by atoms with Crippen molar-refractivity contribution in [1.29, 1.82) is 0 Å². The van der Waals surface area contributed by atoms with Crippen LogP contribution >= 0.6 is 15.9 Å². The van der Waals surface area contributed by atoms with E-state index in [0.717, 1.165) is 10.0 Å². The molecule has 0 fully saturated rings. The normalized spacial score (nSPS) is 10.2. The highest BCUT2D eigenvalue weighted by atomic mass is 79.9. The van der Waals surface area contributed by atoms with Crippen molar-refractivity contribution in [2.45, 2.75) is 13.8 Å². The van der Waals surface area contributed by atoms with Gasteiger partial charge in [-0.2, -0.15) is 0 Å². The first-order valence-corrected chi connectivity index (χ1v) is 6.95. The van der Waals surface area contributed by atoms with E-state index in [9.17, 15) is 9.59 Å². The van der Waals surface area contributed by atoms with Gasteiger partial charge in [0.1, 0.15) is 0 Å². The molecule has 0 heterocycles. The Hall–Kier alpha value is -1.94. The highest BCUT2D eigenvalue weighted by Crippen LogP contribution is 2.18. The van der Waals surface area contributed by atoms with Crippen LogP contribution in [0.2, 0.25) is 0 Å². The van der Waals surface area contributed by atoms with Gasteiger partial charge < -0.3 is 5.32 Å². The third kappa shape index (κ3) is 3.33. The van der Waals surface area contributed by atoms with Crippen LogP contribution in [-0.2, 0) is 0 Å². The van der Waals surface area contributed by atoms with Crippen LogP contribution in [0.15, 0.2) is 46.9 Å². The number of halogens is 1. The number of hydrogen-bond acceptors (Lipinski definition) is 2. The number of aryl methyl sites for hydroxylation is 1. The zero-order valence-corrected chi connectivity index (χ0v) is 12.8. The van der Waals surface area contributed by atoms with Crippen LogP contribution < -0.4 is 5.32 Å². The fraction of sp³-hybridized carbons (Fsp3) is 0.125. The first kappa shape index (κ1) is 14.5. The van der Waals surface area contributed by atoms with Gasteiger partial charge in [0.2, 0.25) is 0 Å². The fourth-order valence-corrected chi connectivity index (χ4v) is 2.34. The van der Waals surface area contributed by atoms with Crippen LogP contribution in [0.25, 0.3) is 0 Å². The summed E-state index contributed by atoms with van der Waals surface area (Å²) in [5.74, 6) is -0.155. The molecule has 1 amide bonds. The molecule has 2 aromatic carbocycles. The van der Waals surface area contributed by atoms with E-state index in [1.165, 1.54) is 6.92 Å². The van der Waals surface area contributed by atoms with Gasteiger partial charge in [-0.3, -0.25) is 9.59 Å². The third-order valence-corrected chi connectivity index (χ3v) is 3.48. The molecule has 0 spiro atoms. The number of anilines is 1. The number of nitrogens with one attached hydrogen (secondary N) is 1. The Bertz CT molecular complexity index is 663. The molecule has 0 unspecified atom stereocenters. The number of Topliss-reactive ketones (excluding diaryl/α,β-unsaturated/α-hetero) is 1. The Morgan fingerprint density at radius 2 is 1.70 bits per heavy atom. The molecule has 102 valence electrons. The lowest BCUT2D eigenvalue weighted by atomic mass is 10.1. The van der Waals surface area contributed by atoms with Crippen molar-refractivity contribution in [2.24, 2.45) is 0 Å². The smallest absolute Gasteiger partial charge is 0.255 e. The standard InChI is InChI=1S/C16H14BrNO2/c1-10-9-13(17)5-8-15(10)16(20)18-14-6-3-12(4-7-14)11(2)19/h3-9H,1-2H3,(H,18,20). The van der Waals surface area contributed by atoms with Gasteiger partial charge in [-0.05, 0) is 61.9 Å². The summed E-state index contributed by atoms with van der Waals surface area (Å²) in [5.41, 5.74) is 2.83. The molecule has 0 aromatic heterocycles. The molecule has 0 radical (unpaired) electrons. The van der Waals surface area contributed by atoms with Crippen LogP contribution in [0.1, 0.15) is 33.2 Å². The summed E-state index contributed by atoms with van der Waals surface area (Å²) in [4.78, 5) is 23.4. The number of benzene rings is 2. The molecule has 2 rings (SSSR count). The van der Waals surface area contributed by atoms with Crippen molar-refractivity contribution >= 4 is 33.3 Å². The molecule has 0 aliphatic carbocycles. The predicted octanol–water partition coefficient (Wildman–Crippen LogP) is 4.21. The number of ketones is 1. The van der Waals surface area contributed by atoms with Gasteiger partial charge in [-0.1, -0.05) is 15.9 Å². The Kier molecular flexibility index (Phi) is 4.35. The summed E-state index contributed by atoms with van der Waals surface area (Å²) in [6.45, 7) is 3.40. The summed E-state index contributed by atoms with van der Waals surface area (Å²) < 4.78 is 0.942. The predicted molar refractivity (Wildman–Crippen MR) is 83.3 cm³/mol. The second-order valence-electron chi connectivity index (χ2n) is 4.55. The molecule has 0 aliphatic rings. The number of hydrogen-bond donors (Lipinski definition) is 1. The topological polar surface area (TPSA) is 46.2 Å². The lowest BCUT2D eigenvalue weighted by Crippen LogP contribution is -2.13. The van der Waals surface area contributed by atoms with E-state index in [0.29, 0.717) is 16.8 Å². The van der Waals surface area contributed by atoms with Crippen molar-refractivity contribution in [3.8, 4) is 0 Å². The molecule has 0 saturated heterocycles. The van der Waals surface area contributed by atoms with Crippen molar-refractivity contribution in [3.05, 3.63) is 63.6 Å². The van der Waals surface area contributed by atoms with Crippen molar-refractivity contribution in [3.63, 3.8) is 0 Å². The van der Waals surface area contributed by atoms with Gasteiger partial charge in [0.15, 0.2) is 5.78 Å². The third-order valence-electron chi connectivity index (χ3n) is 2.98. The SMILES string of the molecule is CC(=O)c1ccc(NC(=O)c2ccc(Br)cc2C)cc1. The van der Waals surface area contributed by atoms with E-state index < -0.39 is 0 Å². The zero-order chi connectivity index (χ0) is 14.7. The van der Waals surface area contributed by atoms with Gasteiger partial charge in [-0.25, -0.2) is 0 Å². The monoisotopic (exact) mass is 331 g/mol. The summed E-state index contributed by atoms with van der Waals surface area (Å²) in [6.07, 6.45) is 0. The zero-order valence-electron chi connectivity index (χ0n) is 11.2. The second-order valence-corrected chi connectivity index (χ2v) is 5.46. The quantitative estimate of drug-likeness (QED) is 0.856. The van der Waals surface area contributed by atoms with E-state index in [1.54, 1.807) is 30.3 Å². The van der Waals surface area contributed by atoms with Gasteiger partial charge in [-0.15, -0.1) is 0 Å². The van der Waals surface area contributed by atoms with Crippen LogP contribution in [0.4, 0.5) is 5.69 Å². The molecule has 20 heavy (non-hydrogen) atoms.